The Hall–Kier alpha value is -2.40. The molecular weight excluding hydrogens is 262 g/mol. The third-order valence-corrected chi connectivity index (χ3v) is 3.32. The second-order valence-corrected chi connectivity index (χ2v) is 4.79. The number of para-hydroxylation sites is 1. The van der Waals surface area contributed by atoms with Gasteiger partial charge in [-0.05, 0) is 19.0 Å². The van der Waals surface area contributed by atoms with Crippen molar-refractivity contribution >= 4 is 11.0 Å². The molecule has 0 saturated carbocycles. The number of nitrogens with one attached hydrogen (secondary N) is 1. The van der Waals surface area contributed by atoms with Gasteiger partial charge in [0, 0.05) is 30.4 Å². The molecule has 1 unspecified atom stereocenters. The first-order valence-electron chi connectivity index (χ1n) is 7.09. The standard InChI is InChI=1S/C16H17N5/c1-2-6-20-16(14-11-17-7-8-19-14)12-4-3-5-13-15(12)21-10-9-18-13/h3-5,7-11,16,20H,2,6H2,1H3. The molecule has 1 aromatic carbocycles. The summed E-state index contributed by atoms with van der Waals surface area (Å²) >= 11 is 0. The van der Waals surface area contributed by atoms with E-state index in [4.69, 9.17) is 0 Å². The maximum atomic E-state index is 4.48. The van der Waals surface area contributed by atoms with E-state index in [0.29, 0.717) is 0 Å². The van der Waals surface area contributed by atoms with E-state index in [-0.39, 0.29) is 6.04 Å². The summed E-state index contributed by atoms with van der Waals surface area (Å²) in [5, 5.41) is 3.52. The maximum absolute atomic E-state index is 4.48. The van der Waals surface area contributed by atoms with Gasteiger partial charge in [0.25, 0.3) is 0 Å². The lowest BCUT2D eigenvalue weighted by Gasteiger charge is -2.19. The predicted octanol–water partition coefficient (Wildman–Crippen LogP) is 2.51. The number of rotatable bonds is 5. The van der Waals surface area contributed by atoms with Gasteiger partial charge in [-0.15, -0.1) is 0 Å². The van der Waals surface area contributed by atoms with E-state index in [9.17, 15) is 0 Å². The highest BCUT2D eigenvalue weighted by Crippen LogP contribution is 2.25. The van der Waals surface area contributed by atoms with Crippen LogP contribution in [-0.4, -0.2) is 26.5 Å². The van der Waals surface area contributed by atoms with Gasteiger partial charge in [-0.2, -0.15) is 0 Å². The van der Waals surface area contributed by atoms with Gasteiger partial charge < -0.3 is 5.32 Å². The molecule has 0 spiro atoms. The molecule has 0 bridgehead atoms. The number of benzene rings is 1. The molecule has 2 aromatic heterocycles. The van der Waals surface area contributed by atoms with Crippen molar-refractivity contribution in [1.82, 2.24) is 25.3 Å². The maximum Gasteiger partial charge on any atom is 0.0938 e. The van der Waals surface area contributed by atoms with Crippen LogP contribution in [0.2, 0.25) is 0 Å². The van der Waals surface area contributed by atoms with Crippen molar-refractivity contribution in [3.63, 3.8) is 0 Å². The monoisotopic (exact) mass is 279 g/mol. The van der Waals surface area contributed by atoms with E-state index in [1.165, 1.54) is 0 Å². The molecule has 1 N–H and O–H groups in total. The summed E-state index contributed by atoms with van der Waals surface area (Å²) < 4.78 is 0. The summed E-state index contributed by atoms with van der Waals surface area (Å²) in [5.41, 5.74) is 3.76. The Kier molecular flexibility index (Phi) is 4.12. The molecule has 0 amide bonds. The zero-order valence-electron chi connectivity index (χ0n) is 11.9. The molecule has 0 fully saturated rings. The average Bonchev–Trinajstić information content (AvgIpc) is 2.56. The second-order valence-electron chi connectivity index (χ2n) is 4.79. The van der Waals surface area contributed by atoms with Crippen LogP contribution in [0.5, 0.6) is 0 Å². The molecular formula is C16H17N5. The van der Waals surface area contributed by atoms with E-state index in [1.807, 2.05) is 12.1 Å². The van der Waals surface area contributed by atoms with Crippen molar-refractivity contribution in [1.29, 1.82) is 0 Å². The molecule has 106 valence electrons. The lowest BCUT2D eigenvalue weighted by Crippen LogP contribution is -2.24. The molecule has 5 nitrogen and oxygen atoms in total. The number of hydrogen-bond donors (Lipinski definition) is 1. The van der Waals surface area contributed by atoms with Crippen LogP contribution in [0.4, 0.5) is 0 Å². The Labute approximate surface area is 123 Å². The van der Waals surface area contributed by atoms with Crippen molar-refractivity contribution in [2.24, 2.45) is 0 Å². The van der Waals surface area contributed by atoms with Crippen LogP contribution in [0.1, 0.15) is 30.6 Å². The van der Waals surface area contributed by atoms with Crippen LogP contribution < -0.4 is 5.32 Å². The van der Waals surface area contributed by atoms with Gasteiger partial charge in [-0.3, -0.25) is 19.9 Å². The molecule has 0 saturated heterocycles. The van der Waals surface area contributed by atoms with Crippen LogP contribution >= 0.6 is 0 Å². The van der Waals surface area contributed by atoms with Gasteiger partial charge >= 0.3 is 0 Å². The van der Waals surface area contributed by atoms with Crippen molar-refractivity contribution in [3.8, 4) is 0 Å². The second kappa shape index (κ2) is 6.37. The van der Waals surface area contributed by atoms with E-state index < -0.39 is 0 Å². The first kappa shape index (κ1) is 13.6. The number of hydrogen-bond acceptors (Lipinski definition) is 5. The van der Waals surface area contributed by atoms with Crippen LogP contribution in [0.25, 0.3) is 11.0 Å². The van der Waals surface area contributed by atoms with Gasteiger partial charge in [0.2, 0.25) is 0 Å². The Morgan fingerprint density at radius 3 is 2.71 bits per heavy atom. The summed E-state index contributed by atoms with van der Waals surface area (Å²) in [4.78, 5) is 17.5. The minimum Gasteiger partial charge on any atom is -0.305 e. The number of aromatic nitrogens is 4. The molecule has 0 aliphatic rings. The van der Waals surface area contributed by atoms with Gasteiger partial charge in [-0.1, -0.05) is 19.1 Å². The SMILES string of the molecule is CCCNC(c1cnccn1)c1cccc2nccnc12. The normalized spacial score (nSPS) is 12.4. The van der Waals surface area contributed by atoms with E-state index in [0.717, 1.165) is 35.3 Å². The fraction of sp³-hybridized carbons (Fsp3) is 0.250. The third-order valence-electron chi connectivity index (χ3n) is 3.32. The van der Waals surface area contributed by atoms with Gasteiger partial charge in [0.15, 0.2) is 0 Å². The largest absolute Gasteiger partial charge is 0.305 e. The summed E-state index contributed by atoms with van der Waals surface area (Å²) in [7, 11) is 0. The van der Waals surface area contributed by atoms with Crippen molar-refractivity contribution in [2.75, 3.05) is 6.54 Å². The van der Waals surface area contributed by atoms with Crippen LogP contribution in [0, 0.1) is 0 Å². The molecule has 0 aliphatic heterocycles. The van der Waals surface area contributed by atoms with Crippen molar-refractivity contribution in [3.05, 3.63) is 60.4 Å². The molecule has 21 heavy (non-hydrogen) atoms. The molecule has 2 heterocycles. The molecule has 0 aliphatic carbocycles. The van der Waals surface area contributed by atoms with E-state index in [2.05, 4.69) is 38.2 Å². The fourth-order valence-corrected chi connectivity index (χ4v) is 2.37. The molecule has 0 radical (unpaired) electrons. The highest BCUT2D eigenvalue weighted by atomic mass is 15.0. The Morgan fingerprint density at radius 1 is 1.05 bits per heavy atom. The topological polar surface area (TPSA) is 63.6 Å². The van der Waals surface area contributed by atoms with Gasteiger partial charge in [0.1, 0.15) is 0 Å². The molecule has 5 heteroatoms. The van der Waals surface area contributed by atoms with Crippen molar-refractivity contribution in [2.45, 2.75) is 19.4 Å². The zero-order chi connectivity index (χ0) is 14.5. The van der Waals surface area contributed by atoms with E-state index in [1.54, 1.807) is 31.0 Å². The minimum atomic E-state index is -0.0287. The number of nitrogens with zero attached hydrogens (tertiary/aromatic N) is 4. The summed E-state index contributed by atoms with van der Waals surface area (Å²) in [6.45, 7) is 3.04. The summed E-state index contributed by atoms with van der Waals surface area (Å²) in [5.74, 6) is 0. The third kappa shape index (κ3) is 2.87. The van der Waals surface area contributed by atoms with E-state index >= 15 is 0 Å². The Bertz CT molecular complexity index is 709. The smallest absolute Gasteiger partial charge is 0.0938 e. The highest BCUT2D eigenvalue weighted by Gasteiger charge is 2.18. The van der Waals surface area contributed by atoms with Gasteiger partial charge in [-0.25, -0.2) is 0 Å². The first-order chi connectivity index (χ1) is 10.4. The highest BCUT2D eigenvalue weighted by molar-refractivity contribution is 5.78. The summed E-state index contributed by atoms with van der Waals surface area (Å²) in [6, 6.07) is 6.01. The Balaban J connectivity index is 2.10. The lowest BCUT2D eigenvalue weighted by atomic mass is 10.0. The van der Waals surface area contributed by atoms with Crippen LogP contribution in [0.15, 0.2) is 49.2 Å². The minimum absolute atomic E-state index is 0.0287. The Morgan fingerprint density at radius 2 is 1.90 bits per heavy atom. The molecule has 1 atom stereocenters. The van der Waals surface area contributed by atoms with Crippen LogP contribution in [0.3, 0.4) is 0 Å². The first-order valence-corrected chi connectivity index (χ1v) is 7.09. The number of fused-ring (bicyclic) bond motifs is 1. The zero-order valence-corrected chi connectivity index (χ0v) is 11.9. The lowest BCUT2D eigenvalue weighted by molar-refractivity contribution is 0.586. The van der Waals surface area contributed by atoms with Crippen molar-refractivity contribution < 1.29 is 0 Å². The quantitative estimate of drug-likeness (QED) is 0.777. The van der Waals surface area contributed by atoms with Gasteiger partial charge in [0.05, 0.1) is 29.0 Å². The molecule has 3 rings (SSSR count). The average molecular weight is 279 g/mol. The summed E-state index contributed by atoms with van der Waals surface area (Å²) in [6.07, 6.45) is 9.67. The fourth-order valence-electron chi connectivity index (χ4n) is 2.37. The molecule has 3 aromatic rings. The van der Waals surface area contributed by atoms with Crippen LogP contribution in [-0.2, 0) is 0 Å². The predicted molar refractivity (Wildman–Crippen MR) is 81.7 cm³/mol.